The van der Waals surface area contributed by atoms with E-state index in [0.29, 0.717) is 24.4 Å². The number of carbonyl (C=O) groups is 1. The van der Waals surface area contributed by atoms with E-state index < -0.39 is 0 Å². The molecule has 2 fully saturated rings. The van der Waals surface area contributed by atoms with Gasteiger partial charge in [-0.3, -0.25) is 14.6 Å². The summed E-state index contributed by atoms with van der Waals surface area (Å²) < 4.78 is 5.03. The molecule has 140 valence electrons. The zero-order valence-electron chi connectivity index (χ0n) is 15.7. The van der Waals surface area contributed by atoms with Gasteiger partial charge in [0.2, 0.25) is 11.8 Å². The first-order valence-corrected chi connectivity index (χ1v) is 9.59. The third-order valence-corrected chi connectivity index (χ3v) is 5.71. The molecule has 7 nitrogen and oxygen atoms in total. The Balaban J connectivity index is 1.44. The summed E-state index contributed by atoms with van der Waals surface area (Å²) in [7, 11) is 0. The second-order valence-corrected chi connectivity index (χ2v) is 7.59. The standard InChI is InChI=1S/C18H31N5O2/c1-13-6-4-5-7-16(13)20-18(24)14(2)23-10-8-22(9-11-23)12-17-19-15(3)25-21-17/h13-14,16H,4-12H2,1-3H3,(H,20,24)/t13-,14-,16-/m1/s1. The number of carbonyl (C=O) groups excluding carboxylic acids is 1. The van der Waals surface area contributed by atoms with E-state index in [0.717, 1.165) is 38.4 Å². The summed E-state index contributed by atoms with van der Waals surface area (Å²) in [5.41, 5.74) is 0. The molecular weight excluding hydrogens is 318 g/mol. The maximum Gasteiger partial charge on any atom is 0.237 e. The van der Waals surface area contributed by atoms with Gasteiger partial charge in [-0.2, -0.15) is 4.98 Å². The number of piperazine rings is 1. The molecular formula is C18H31N5O2. The Labute approximate surface area is 150 Å². The molecule has 1 N–H and O–H groups in total. The number of aromatic nitrogens is 2. The number of hydrogen-bond donors (Lipinski definition) is 1. The first kappa shape index (κ1) is 18.3. The highest BCUT2D eigenvalue weighted by Crippen LogP contribution is 2.24. The first-order valence-electron chi connectivity index (χ1n) is 9.59. The van der Waals surface area contributed by atoms with Crippen LogP contribution in [0.2, 0.25) is 0 Å². The predicted octanol–water partition coefficient (Wildman–Crippen LogP) is 1.58. The fourth-order valence-corrected chi connectivity index (χ4v) is 3.91. The van der Waals surface area contributed by atoms with E-state index in [2.05, 4.69) is 32.2 Å². The van der Waals surface area contributed by atoms with Gasteiger partial charge >= 0.3 is 0 Å². The van der Waals surface area contributed by atoms with E-state index in [1.807, 2.05) is 13.8 Å². The van der Waals surface area contributed by atoms with Crippen molar-refractivity contribution in [1.82, 2.24) is 25.3 Å². The van der Waals surface area contributed by atoms with E-state index in [1.54, 1.807) is 0 Å². The van der Waals surface area contributed by atoms with Crippen molar-refractivity contribution in [3.8, 4) is 0 Å². The molecule has 1 aliphatic carbocycles. The third kappa shape index (κ3) is 4.79. The molecule has 0 aromatic carbocycles. The molecule has 0 spiro atoms. The minimum atomic E-state index is -0.0660. The Morgan fingerprint density at radius 1 is 1.28 bits per heavy atom. The van der Waals surface area contributed by atoms with Gasteiger partial charge in [-0.15, -0.1) is 0 Å². The molecule has 2 aliphatic rings. The Morgan fingerprint density at radius 3 is 2.64 bits per heavy atom. The van der Waals surface area contributed by atoms with Gasteiger partial charge in [-0.1, -0.05) is 24.9 Å². The summed E-state index contributed by atoms with van der Waals surface area (Å²) in [5, 5.41) is 7.25. The maximum atomic E-state index is 12.6. The molecule has 7 heteroatoms. The number of hydrogen-bond acceptors (Lipinski definition) is 6. The number of rotatable bonds is 5. The van der Waals surface area contributed by atoms with Crippen LogP contribution >= 0.6 is 0 Å². The quantitative estimate of drug-likeness (QED) is 0.870. The van der Waals surface area contributed by atoms with Crippen LogP contribution in [0, 0.1) is 12.8 Å². The molecule has 25 heavy (non-hydrogen) atoms. The molecule has 3 atom stereocenters. The topological polar surface area (TPSA) is 74.5 Å². The molecule has 1 saturated carbocycles. The van der Waals surface area contributed by atoms with Crippen LogP contribution in [-0.2, 0) is 11.3 Å². The average Bonchev–Trinajstić information content (AvgIpc) is 3.02. The Morgan fingerprint density at radius 2 is 2.00 bits per heavy atom. The normalized spacial score (nSPS) is 27.2. The van der Waals surface area contributed by atoms with E-state index in [4.69, 9.17) is 4.52 Å². The first-order chi connectivity index (χ1) is 12.0. The van der Waals surface area contributed by atoms with Crippen LogP contribution in [0.15, 0.2) is 4.52 Å². The van der Waals surface area contributed by atoms with Gasteiger partial charge < -0.3 is 9.84 Å². The van der Waals surface area contributed by atoms with Gasteiger partial charge in [-0.05, 0) is 25.7 Å². The fourth-order valence-electron chi connectivity index (χ4n) is 3.91. The van der Waals surface area contributed by atoms with Crippen molar-refractivity contribution in [2.75, 3.05) is 26.2 Å². The van der Waals surface area contributed by atoms with Crippen LogP contribution in [0.25, 0.3) is 0 Å². The fraction of sp³-hybridized carbons (Fsp3) is 0.833. The van der Waals surface area contributed by atoms with Gasteiger partial charge in [0.15, 0.2) is 5.82 Å². The van der Waals surface area contributed by atoms with Crippen LogP contribution in [0.4, 0.5) is 0 Å². The molecule has 0 unspecified atom stereocenters. The second-order valence-electron chi connectivity index (χ2n) is 7.59. The SMILES string of the molecule is Cc1nc(CN2CCN([C@H](C)C(=O)N[C@@H]3CCCC[C@H]3C)CC2)no1. The summed E-state index contributed by atoms with van der Waals surface area (Å²) in [6, 6.07) is 0.287. The smallest absolute Gasteiger partial charge is 0.237 e. The minimum Gasteiger partial charge on any atom is -0.352 e. The van der Waals surface area contributed by atoms with E-state index in [-0.39, 0.29) is 11.9 Å². The highest BCUT2D eigenvalue weighted by Gasteiger charge is 2.29. The lowest BCUT2D eigenvalue weighted by atomic mass is 9.86. The van der Waals surface area contributed by atoms with Gasteiger partial charge in [0.05, 0.1) is 12.6 Å². The van der Waals surface area contributed by atoms with E-state index in [1.165, 1.54) is 19.3 Å². The van der Waals surface area contributed by atoms with Crippen LogP contribution in [0.1, 0.15) is 51.2 Å². The zero-order chi connectivity index (χ0) is 17.8. The van der Waals surface area contributed by atoms with Crippen LogP contribution in [0.3, 0.4) is 0 Å². The highest BCUT2D eigenvalue weighted by atomic mass is 16.5. The van der Waals surface area contributed by atoms with Crippen molar-refractivity contribution in [3.63, 3.8) is 0 Å². The minimum absolute atomic E-state index is 0.0660. The van der Waals surface area contributed by atoms with Crippen molar-refractivity contribution in [2.45, 2.75) is 65.1 Å². The van der Waals surface area contributed by atoms with Gasteiger partial charge in [-0.25, -0.2) is 0 Å². The van der Waals surface area contributed by atoms with Crippen molar-refractivity contribution >= 4 is 5.91 Å². The molecule has 1 aromatic heterocycles. The lowest BCUT2D eigenvalue weighted by Crippen LogP contribution is -2.55. The monoisotopic (exact) mass is 349 g/mol. The summed E-state index contributed by atoms with van der Waals surface area (Å²) >= 11 is 0. The summed E-state index contributed by atoms with van der Waals surface area (Å²) in [4.78, 5) is 21.5. The molecule has 2 heterocycles. The maximum absolute atomic E-state index is 12.6. The lowest BCUT2D eigenvalue weighted by Gasteiger charge is -2.38. The summed E-state index contributed by atoms with van der Waals surface area (Å²) in [6.07, 6.45) is 4.88. The van der Waals surface area contributed by atoms with Crippen LogP contribution < -0.4 is 5.32 Å². The van der Waals surface area contributed by atoms with Crippen molar-refractivity contribution in [3.05, 3.63) is 11.7 Å². The molecule has 0 radical (unpaired) electrons. The van der Waals surface area contributed by atoms with E-state index in [9.17, 15) is 4.79 Å². The largest absolute Gasteiger partial charge is 0.352 e. The third-order valence-electron chi connectivity index (χ3n) is 5.71. The Hall–Kier alpha value is -1.47. The number of aryl methyl sites for hydroxylation is 1. The molecule has 1 aromatic rings. The second kappa shape index (κ2) is 8.27. The number of amides is 1. The van der Waals surface area contributed by atoms with Crippen molar-refractivity contribution < 1.29 is 9.32 Å². The number of nitrogens with one attached hydrogen (secondary N) is 1. The zero-order valence-corrected chi connectivity index (χ0v) is 15.7. The molecule has 1 saturated heterocycles. The summed E-state index contributed by atoms with van der Waals surface area (Å²) in [5.74, 6) is 2.13. The van der Waals surface area contributed by atoms with Crippen LogP contribution in [0.5, 0.6) is 0 Å². The molecule has 1 aliphatic heterocycles. The van der Waals surface area contributed by atoms with Crippen molar-refractivity contribution in [1.29, 1.82) is 0 Å². The van der Waals surface area contributed by atoms with Gasteiger partial charge in [0.25, 0.3) is 0 Å². The molecule has 3 rings (SSSR count). The molecule has 0 bridgehead atoms. The lowest BCUT2D eigenvalue weighted by molar-refractivity contribution is -0.127. The predicted molar refractivity (Wildman–Crippen MR) is 94.9 cm³/mol. The number of nitrogens with zero attached hydrogens (tertiary/aromatic N) is 4. The van der Waals surface area contributed by atoms with Crippen LogP contribution in [-0.4, -0.2) is 64.1 Å². The Kier molecular flexibility index (Phi) is 6.06. The van der Waals surface area contributed by atoms with Crippen molar-refractivity contribution in [2.24, 2.45) is 5.92 Å². The van der Waals surface area contributed by atoms with E-state index >= 15 is 0 Å². The van der Waals surface area contributed by atoms with Gasteiger partial charge in [0.1, 0.15) is 0 Å². The highest BCUT2D eigenvalue weighted by molar-refractivity contribution is 5.81. The summed E-state index contributed by atoms with van der Waals surface area (Å²) in [6.45, 7) is 10.4. The van der Waals surface area contributed by atoms with Gasteiger partial charge in [0, 0.05) is 39.1 Å². The Bertz CT molecular complexity index is 568. The molecule has 1 amide bonds. The average molecular weight is 349 g/mol.